The van der Waals surface area contributed by atoms with Gasteiger partial charge in [-0.3, -0.25) is 0 Å². The van der Waals surface area contributed by atoms with Gasteiger partial charge in [-0.25, -0.2) is 8.42 Å². The van der Waals surface area contributed by atoms with Crippen LogP contribution in [0, 0.1) is 6.92 Å². The number of fused-ring (bicyclic) bond motifs is 1. The van der Waals surface area contributed by atoms with Crippen LogP contribution in [0.25, 0.3) is 0 Å². The summed E-state index contributed by atoms with van der Waals surface area (Å²) in [6.07, 6.45) is 1.80. The molecule has 21 heavy (non-hydrogen) atoms. The Morgan fingerprint density at radius 1 is 1.24 bits per heavy atom. The summed E-state index contributed by atoms with van der Waals surface area (Å²) in [5.74, 6) is 0. The van der Waals surface area contributed by atoms with E-state index < -0.39 is 10.0 Å². The molecule has 1 aliphatic heterocycles. The van der Waals surface area contributed by atoms with Crippen molar-refractivity contribution in [3.05, 3.63) is 50.8 Å². The van der Waals surface area contributed by atoms with Crippen LogP contribution in [0.2, 0.25) is 0 Å². The second-order valence-electron chi connectivity index (χ2n) is 5.23. The standard InChI is InChI=1S/C15H16BrNO2S2/c1-11-9-14(20-15(11)16)21(18,19)17-8-4-7-12-5-2-3-6-13(12)10-17/h2-3,5-6,9H,4,7-8,10H2,1H3. The molecule has 1 aromatic heterocycles. The van der Waals surface area contributed by atoms with Crippen molar-refractivity contribution >= 4 is 37.3 Å². The van der Waals surface area contributed by atoms with E-state index in [-0.39, 0.29) is 0 Å². The SMILES string of the molecule is Cc1cc(S(=O)(=O)N2CCCc3ccccc3C2)sc1Br. The summed E-state index contributed by atoms with van der Waals surface area (Å²) in [6.45, 7) is 2.95. The zero-order valence-corrected chi connectivity index (χ0v) is 14.9. The Balaban J connectivity index is 1.96. The average molecular weight is 386 g/mol. The summed E-state index contributed by atoms with van der Waals surface area (Å²) in [5.41, 5.74) is 3.35. The molecule has 2 aromatic rings. The molecule has 3 rings (SSSR count). The quantitative estimate of drug-likeness (QED) is 0.784. The van der Waals surface area contributed by atoms with Gasteiger partial charge in [0.25, 0.3) is 10.0 Å². The molecular formula is C15H16BrNO2S2. The van der Waals surface area contributed by atoms with Gasteiger partial charge >= 0.3 is 0 Å². The van der Waals surface area contributed by atoms with Crippen molar-refractivity contribution in [2.75, 3.05) is 6.54 Å². The van der Waals surface area contributed by atoms with E-state index in [0.29, 0.717) is 17.3 Å². The van der Waals surface area contributed by atoms with Crippen LogP contribution in [0.1, 0.15) is 23.1 Å². The Kier molecular flexibility index (Phi) is 4.23. The van der Waals surface area contributed by atoms with Crippen molar-refractivity contribution in [1.82, 2.24) is 4.31 Å². The summed E-state index contributed by atoms with van der Waals surface area (Å²) in [5, 5.41) is 0. The van der Waals surface area contributed by atoms with Crippen LogP contribution in [0.5, 0.6) is 0 Å². The molecule has 0 radical (unpaired) electrons. The zero-order valence-electron chi connectivity index (χ0n) is 11.7. The Labute approximate surface area is 137 Å². The number of benzene rings is 1. The Morgan fingerprint density at radius 2 is 1.95 bits per heavy atom. The van der Waals surface area contributed by atoms with Gasteiger partial charge in [-0.1, -0.05) is 24.3 Å². The second-order valence-corrected chi connectivity index (χ2v) is 9.77. The molecule has 0 unspecified atom stereocenters. The molecule has 1 aromatic carbocycles. The van der Waals surface area contributed by atoms with Crippen LogP contribution in [-0.4, -0.2) is 19.3 Å². The first-order valence-corrected chi connectivity index (χ1v) is 9.86. The highest BCUT2D eigenvalue weighted by molar-refractivity contribution is 9.11. The number of nitrogens with zero attached hydrogens (tertiary/aromatic N) is 1. The molecule has 0 atom stereocenters. The van der Waals surface area contributed by atoms with Gasteiger partial charge in [-0.15, -0.1) is 11.3 Å². The Bertz CT molecular complexity index is 748. The topological polar surface area (TPSA) is 37.4 Å². The van der Waals surface area contributed by atoms with E-state index >= 15 is 0 Å². The molecule has 3 nitrogen and oxygen atoms in total. The second kappa shape index (κ2) is 5.83. The van der Waals surface area contributed by atoms with Gasteiger partial charge in [0.05, 0.1) is 3.79 Å². The number of thiophene rings is 1. The van der Waals surface area contributed by atoms with Gasteiger partial charge in [-0.05, 0) is 58.5 Å². The molecule has 0 spiro atoms. The summed E-state index contributed by atoms with van der Waals surface area (Å²) in [4.78, 5) is 0. The Morgan fingerprint density at radius 3 is 2.62 bits per heavy atom. The third kappa shape index (κ3) is 2.95. The van der Waals surface area contributed by atoms with Gasteiger partial charge < -0.3 is 0 Å². The van der Waals surface area contributed by atoms with Gasteiger partial charge in [0, 0.05) is 13.1 Å². The number of hydrogen-bond donors (Lipinski definition) is 0. The fourth-order valence-electron chi connectivity index (χ4n) is 2.56. The molecule has 0 amide bonds. The lowest BCUT2D eigenvalue weighted by Crippen LogP contribution is -2.30. The van der Waals surface area contributed by atoms with E-state index in [9.17, 15) is 8.42 Å². The third-order valence-electron chi connectivity index (χ3n) is 3.75. The van der Waals surface area contributed by atoms with Gasteiger partial charge in [0.2, 0.25) is 0 Å². The normalized spacial score (nSPS) is 16.5. The molecule has 1 aliphatic rings. The van der Waals surface area contributed by atoms with E-state index in [1.807, 2.05) is 25.1 Å². The van der Waals surface area contributed by atoms with Gasteiger partial charge in [0.15, 0.2) is 0 Å². The lowest BCUT2D eigenvalue weighted by molar-refractivity contribution is 0.411. The van der Waals surface area contributed by atoms with Crippen molar-refractivity contribution < 1.29 is 8.42 Å². The summed E-state index contributed by atoms with van der Waals surface area (Å²) < 4.78 is 28.6. The van der Waals surface area contributed by atoms with Gasteiger partial charge in [-0.2, -0.15) is 4.31 Å². The summed E-state index contributed by atoms with van der Waals surface area (Å²) in [7, 11) is -3.41. The predicted molar refractivity (Wildman–Crippen MR) is 89.1 cm³/mol. The number of halogens is 1. The predicted octanol–water partition coefficient (Wildman–Crippen LogP) is 3.96. The minimum Gasteiger partial charge on any atom is -0.206 e. The van der Waals surface area contributed by atoms with E-state index in [4.69, 9.17) is 0 Å². The first-order valence-electron chi connectivity index (χ1n) is 6.81. The van der Waals surface area contributed by atoms with E-state index in [0.717, 1.165) is 27.8 Å². The first-order chi connectivity index (χ1) is 9.98. The molecule has 2 heterocycles. The highest BCUT2D eigenvalue weighted by Gasteiger charge is 2.28. The van der Waals surface area contributed by atoms with Crippen molar-refractivity contribution in [2.24, 2.45) is 0 Å². The summed E-state index contributed by atoms with van der Waals surface area (Å²) >= 11 is 4.70. The number of rotatable bonds is 2. The van der Waals surface area contributed by atoms with Crippen molar-refractivity contribution in [2.45, 2.75) is 30.5 Å². The average Bonchev–Trinajstić information content (AvgIpc) is 2.69. The molecule has 0 aliphatic carbocycles. The lowest BCUT2D eigenvalue weighted by Gasteiger charge is -2.19. The van der Waals surface area contributed by atoms with E-state index in [1.54, 1.807) is 10.4 Å². The fourth-order valence-corrected chi connectivity index (χ4v) is 6.40. The molecule has 112 valence electrons. The first kappa shape index (κ1) is 15.2. The van der Waals surface area contributed by atoms with Crippen molar-refractivity contribution in [3.63, 3.8) is 0 Å². The Hall–Kier alpha value is -0.690. The van der Waals surface area contributed by atoms with Crippen molar-refractivity contribution in [1.29, 1.82) is 0 Å². The number of sulfonamides is 1. The fraction of sp³-hybridized carbons (Fsp3) is 0.333. The van der Waals surface area contributed by atoms with Crippen LogP contribution in [0.3, 0.4) is 0 Å². The maximum atomic E-state index is 12.8. The molecule has 0 fully saturated rings. The van der Waals surface area contributed by atoms with Crippen LogP contribution < -0.4 is 0 Å². The number of aryl methyl sites for hydroxylation is 2. The molecule has 0 saturated heterocycles. The molecule has 0 bridgehead atoms. The monoisotopic (exact) mass is 385 g/mol. The van der Waals surface area contributed by atoms with Crippen LogP contribution in [0.4, 0.5) is 0 Å². The highest BCUT2D eigenvalue weighted by atomic mass is 79.9. The molecule has 0 N–H and O–H groups in total. The minimum absolute atomic E-state index is 0.422. The molecular weight excluding hydrogens is 370 g/mol. The van der Waals surface area contributed by atoms with Crippen LogP contribution in [0.15, 0.2) is 38.3 Å². The zero-order chi connectivity index (χ0) is 15.0. The molecule has 0 saturated carbocycles. The largest absolute Gasteiger partial charge is 0.252 e. The summed E-state index contributed by atoms with van der Waals surface area (Å²) in [6, 6.07) is 9.86. The lowest BCUT2D eigenvalue weighted by atomic mass is 10.0. The third-order valence-corrected chi connectivity index (χ3v) is 8.18. The maximum absolute atomic E-state index is 12.8. The number of hydrogen-bond acceptors (Lipinski definition) is 3. The van der Waals surface area contributed by atoms with E-state index in [1.165, 1.54) is 16.9 Å². The van der Waals surface area contributed by atoms with Crippen molar-refractivity contribution in [3.8, 4) is 0 Å². The maximum Gasteiger partial charge on any atom is 0.252 e. The van der Waals surface area contributed by atoms with Crippen LogP contribution in [-0.2, 0) is 23.0 Å². The minimum atomic E-state index is -3.41. The van der Waals surface area contributed by atoms with E-state index in [2.05, 4.69) is 22.0 Å². The highest BCUT2D eigenvalue weighted by Crippen LogP contribution is 2.33. The smallest absolute Gasteiger partial charge is 0.206 e. The van der Waals surface area contributed by atoms with Crippen LogP contribution >= 0.6 is 27.3 Å². The molecule has 6 heteroatoms. The van der Waals surface area contributed by atoms with Gasteiger partial charge in [0.1, 0.15) is 4.21 Å².